The van der Waals surface area contributed by atoms with Crippen molar-refractivity contribution < 1.29 is 35.5 Å². The van der Waals surface area contributed by atoms with Crippen molar-refractivity contribution in [2.24, 2.45) is 0 Å². The third-order valence-electron chi connectivity index (χ3n) is 0. The van der Waals surface area contributed by atoms with E-state index in [9.17, 15) is 0 Å². The van der Waals surface area contributed by atoms with Crippen molar-refractivity contribution in [1.29, 1.82) is 0 Å². The van der Waals surface area contributed by atoms with Crippen molar-refractivity contribution in [2.45, 2.75) is 0 Å². The molecule has 0 amide bonds. The molecule has 0 unspecified atom stereocenters. The maximum atomic E-state index is 8.56. The first-order valence-electron chi connectivity index (χ1n) is 1.30. The molecule has 0 aromatic heterocycles. The van der Waals surface area contributed by atoms with E-state index >= 15 is 0 Å². The summed E-state index contributed by atoms with van der Waals surface area (Å²) >= 11 is 0. The molecule has 7 nitrogen and oxygen atoms in total. The van der Waals surface area contributed by atoms with E-state index in [2.05, 4.69) is 0 Å². The third kappa shape index (κ3) is 286. The van der Waals surface area contributed by atoms with Gasteiger partial charge in [-0.25, -0.2) is 9.59 Å². The molecule has 0 saturated carbocycles. The first-order chi connectivity index (χ1) is 3.46. The Labute approximate surface area is 190 Å². The molecule has 0 aliphatic rings. The van der Waals surface area contributed by atoms with Gasteiger partial charge in [-0.1, -0.05) is 0 Å². The summed E-state index contributed by atoms with van der Waals surface area (Å²) in [5, 5.41) is 27.9. The second-order valence-electron chi connectivity index (χ2n) is 0.565. The van der Waals surface area contributed by atoms with Gasteiger partial charge in [-0.15, -0.1) is 12.4 Å². The zero-order valence-electron chi connectivity index (χ0n) is 4.51. The summed E-state index contributed by atoms with van der Waals surface area (Å²) in [6.07, 6.45) is -3.67. The molecule has 76 valence electrons. The zero-order valence-corrected chi connectivity index (χ0v) is 5.33. The SMILES string of the molecule is Cl.O.O=C(O)O.O=C(O)O.[CaH2].[CaH2].[NaH].[NaH]. The first-order valence-corrected chi connectivity index (χ1v) is 1.30. The molecule has 0 bridgehead atoms. The van der Waals surface area contributed by atoms with E-state index in [1.165, 1.54) is 0 Å². The van der Waals surface area contributed by atoms with E-state index in [4.69, 9.17) is 30.0 Å². The van der Waals surface area contributed by atoms with Crippen molar-refractivity contribution in [2.75, 3.05) is 0 Å². The Morgan fingerprint density at radius 2 is 0.714 bits per heavy atom. The van der Waals surface area contributed by atoms with Crippen LogP contribution < -0.4 is 0 Å². The summed E-state index contributed by atoms with van der Waals surface area (Å²) in [4.78, 5) is 17.1. The Balaban J connectivity index is -0.00000000600. The number of hydrogen-bond acceptors (Lipinski definition) is 2. The average Bonchev–Trinajstić information content (AvgIpc) is 1.25. The van der Waals surface area contributed by atoms with Crippen molar-refractivity contribution in [3.05, 3.63) is 0 Å². The van der Waals surface area contributed by atoms with Crippen molar-refractivity contribution in [3.63, 3.8) is 0 Å². The zero-order chi connectivity index (χ0) is 7.15. The number of carbonyl (C=O) groups is 2. The third-order valence-corrected chi connectivity index (χ3v) is 0. The van der Waals surface area contributed by atoms with Crippen LogP contribution in [0.1, 0.15) is 0 Å². The number of hydrogen-bond donors (Lipinski definition) is 4. The second kappa shape index (κ2) is 44.1. The standard InChI is InChI=1S/2CH2O3.2Ca.ClH.2Na.H2O.6H/c2*2-1(3)4;;;;;;;;;;;;/h2*(H2,2,3,4);;;1H;;;1H2;;;;;;. The molecular formula is C2H13Ca2ClNa2O7. The van der Waals surface area contributed by atoms with Crippen LogP contribution in [0.2, 0.25) is 0 Å². The minimum atomic E-state index is -1.83. The van der Waals surface area contributed by atoms with Crippen LogP contribution in [0.3, 0.4) is 0 Å². The van der Waals surface area contributed by atoms with Crippen LogP contribution >= 0.6 is 12.4 Å². The van der Waals surface area contributed by atoms with Crippen LogP contribution in [-0.2, 0) is 0 Å². The van der Waals surface area contributed by atoms with Crippen LogP contribution in [0.15, 0.2) is 0 Å². The molecule has 0 rings (SSSR count). The van der Waals surface area contributed by atoms with E-state index in [-0.39, 0.29) is 152 Å². The van der Waals surface area contributed by atoms with E-state index in [0.717, 1.165) is 0 Å². The molecule has 0 saturated heterocycles. The number of rotatable bonds is 0. The second-order valence-corrected chi connectivity index (χ2v) is 0.565. The number of carboxylic acid groups (broad SMARTS) is 4. The minimum absolute atomic E-state index is 0. The van der Waals surface area contributed by atoms with Crippen molar-refractivity contribution in [1.82, 2.24) is 0 Å². The Bertz CT molecular complexity index is 85.7. The van der Waals surface area contributed by atoms with Crippen LogP contribution in [0, 0.1) is 0 Å². The fraction of sp³-hybridized carbons (Fsp3) is 0. The van der Waals surface area contributed by atoms with Gasteiger partial charge in [-0.3, -0.25) is 0 Å². The molecule has 0 aromatic rings. The summed E-state index contributed by atoms with van der Waals surface area (Å²) < 4.78 is 0. The molecule has 0 heterocycles. The van der Waals surface area contributed by atoms with E-state index in [1.54, 1.807) is 0 Å². The molecule has 6 N–H and O–H groups in total. The maximum absolute atomic E-state index is 8.56. The van der Waals surface area contributed by atoms with E-state index in [0.29, 0.717) is 0 Å². The summed E-state index contributed by atoms with van der Waals surface area (Å²) in [5.41, 5.74) is 0. The van der Waals surface area contributed by atoms with Gasteiger partial charge < -0.3 is 25.9 Å². The molecule has 14 heavy (non-hydrogen) atoms. The van der Waals surface area contributed by atoms with Gasteiger partial charge in [0.25, 0.3) is 0 Å². The molecule has 0 spiro atoms. The average molecular weight is 311 g/mol. The molecule has 0 fully saturated rings. The van der Waals surface area contributed by atoms with Gasteiger partial charge in [0.15, 0.2) is 0 Å². The Hall–Kier alpha value is 3.31. The summed E-state index contributed by atoms with van der Waals surface area (Å²) in [6, 6.07) is 0. The predicted octanol–water partition coefficient (Wildman–Crippen LogP) is -3.09. The summed E-state index contributed by atoms with van der Waals surface area (Å²) in [5.74, 6) is 0. The molecule has 0 atom stereocenters. The molecular weight excluding hydrogens is 298 g/mol. The molecule has 12 heteroatoms. The van der Waals surface area contributed by atoms with E-state index < -0.39 is 12.3 Å². The quantitative estimate of drug-likeness (QED) is 0.349. The molecule has 0 aliphatic carbocycles. The Morgan fingerprint density at radius 3 is 0.714 bits per heavy atom. The van der Waals surface area contributed by atoms with Gasteiger partial charge in [0.2, 0.25) is 0 Å². The fourth-order valence-electron chi connectivity index (χ4n) is 0. The fourth-order valence-corrected chi connectivity index (χ4v) is 0. The monoisotopic (exact) mass is 310 g/mol. The Morgan fingerprint density at radius 1 is 0.714 bits per heavy atom. The first kappa shape index (κ1) is 53.1. The van der Waals surface area contributed by atoms with E-state index in [1.807, 2.05) is 0 Å². The van der Waals surface area contributed by atoms with Crippen LogP contribution in [0.4, 0.5) is 9.59 Å². The van der Waals surface area contributed by atoms with Crippen molar-refractivity contribution >= 4 is 159 Å². The van der Waals surface area contributed by atoms with Gasteiger partial charge in [-0.05, 0) is 0 Å². The molecule has 0 radical (unpaired) electrons. The van der Waals surface area contributed by atoms with Crippen LogP contribution in [0.5, 0.6) is 0 Å². The molecule has 0 aliphatic heterocycles. The Kier molecular flexibility index (Phi) is 167. The van der Waals surface area contributed by atoms with Gasteiger partial charge in [0.05, 0.1) is 0 Å². The summed E-state index contributed by atoms with van der Waals surface area (Å²) in [7, 11) is 0. The topological polar surface area (TPSA) is 147 Å². The van der Waals surface area contributed by atoms with Crippen LogP contribution in [0.25, 0.3) is 0 Å². The van der Waals surface area contributed by atoms with Gasteiger partial charge in [-0.2, -0.15) is 0 Å². The number of halogens is 1. The molecule has 0 aromatic carbocycles. The van der Waals surface area contributed by atoms with Gasteiger partial charge >= 0.3 is 147 Å². The predicted molar refractivity (Wildman–Crippen MR) is 63.6 cm³/mol. The summed E-state index contributed by atoms with van der Waals surface area (Å²) in [6.45, 7) is 0. The van der Waals surface area contributed by atoms with Gasteiger partial charge in [0, 0.05) is 0 Å². The van der Waals surface area contributed by atoms with Gasteiger partial charge in [0.1, 0.15) is 0 Å². The normalized spacial score (nSPS) is 3.43. The van der Waals surface area contributed by atoms with Crippen molar-refractivity contribution in [3.8, 4) is 0 Å². The van der Waals surface area contributed by atoms with Crippen LogP contribution in [-0.4, -0.2) is 173 Å².